The molecule has 0 spiro atoms. The standard InChI is InChI=1S/C28H23N7O4.C20H17N5O4.C8H8N2O.K/c1-38-23-8-9-24(34-28(23)39-2)32-22-12-19(14-35-26(22)29-15-30-35)16-4-3-5-17(10-16)27(37)31-20-6-7-21-18(11-20)13-25(36)33-21;1-28-16-6-7-17(24-19(16)29-2)23-15-9-14(10-25-18(15)21-11-22-25)12-4-3-5-13(8-12)20(26)27;9-6-1-2-7-5(3-6)4-8(11)10-7;/h3-12,14-15H,13H2,1-2H3,(H,31,37)(H,32,34)(H,33,36);3-11H,1-2H3,(H,23,24)(H,26,27);1-3H,4,9H2,(H,10,11);/q;;;+1/p-1. The first-order valence-electron chi connectivity index (χ1n) is 24.1. The van der Waals surface area contributed by atoms with E-state index in [1.807, 2.05) is 60.8 Å². The van der Waals surface area contributed by atoms with Crippen molar-refractivity contribution in [3.8, 4) is 45.5 Å². The zero-order valence-corrected chi connectivity index (χ0v) is 46.7. The number of nitrogens with zero attached hydrogens (tertiary/aromatic N) is 8. The fourth-order valence-electron chi connectivity index (χ4n) is 8.65. The summed E-state index contributed by atoms with van der Waals surface area (Å²) in [5, 5.41) is 34.6. The number of rotatable bonds is 13. The van der Waals surface area contributed by atoms with Gasteiger partial charge in [0.15, 0.2) is 22.8 Å². The third kappa shape index (κ3) is 12.4. The van der Waals surface area contributed by atoms with Crippen molar-refractivity contribution in [3.63, 3.8) is 0 Å². The van der Waals surface area contributed by atoms with Gasteiger partial charge >= 0.3 is 51.4 Å². The summed E-state index contributed by atoms with van der Waals surface area (Å²) in [6, 6.07) is 35.4. The van der Waals surface area contributed by atoms with E-state index >= 15 is 0 Å². The number of aromatic nitrogens is 8. The number of nitrogens with one attached hydrogen (secondary N) is 5. The number of carbonyl (C=O) groups is 4. The first-order chi connectivity index (χ1) is 38.3. The Hall–Kier alpha value is -9.46. The molecule has 4 aromatic carbocycles. The number of hydrogen-bond acceptors (Lipinski definition) is 18. The molecule has 2 aliphatic heterocycles. The van der Waals surface area contributed by atoms with E-state index in [9.17, 15) is 24.3 Å². The molecule has 24 heteroatoms. The van der Waals surface area contributed by atoms with E-state index in [2.05, 4.69) is 56.7 Å². The number of carbonyl (C=O) groups excluding carboxylic acids is 4. The van der Waals surface area contributed by atoms with E-state index in [1.165, 1.54) is 40.1 Å². The summed E-state index contributed by atoms with van der Waals surface area (Å²) in [5.41, 5.74) is 16.5. The molecule has 0 unspecified atom stereocenters. The van der Waals surface area contributed by atoms with Crippen molar-refractivity contribution in [2.45, 2.75) is 12.8 Å². The molecule has 10 aromatic rings. The van der Waals surface area contributed by atoms with Crippen LogP contribution in [0.1, 0.15) is 31.8 Å². The van der Waals surface area contributed by atoms with E-state index in [4.69, 9.17) is 24.7 Å². The fourth-order valence-corrected chi connectivity index (χ4v) is 8.65. The molecule has 12 rings (SSSR count). The number of benzene rings is 4. The second-order valence-corrected chi connectivity index (χ2v) is 17.5. The minimum atomic E-state index is -1.23. The molecule has 8 heterocycles. The van der Waals surface area contributed by atoms with Crippen LogP contribution in [0.4, 0.5) is 45.8 Å². The molecular formula is C56H47KN14O9. The maximum atomic E-state index is 13.1. The molecular weight excluding hydrogens is 1050 g/mol. The van der Waals surface area contributed by atoms with Crippen LogP contribution in [0.5, 0.6) is 23.3 Å². The van der Waals surface area contributed by atoms with Crippen LogP contribution in [0.15, 0.2) is 146 Å². The zero-order chi connectivity index (χ0) is 55.2. The van der Waals surface area contributed by atoms with Crippen molar-refractivity contribution < 1.29 is 94.6 Å². The predicted molar refractivity (Wildman–Crippen MR) is 292 cm³/mol. The summed E-state index contributed by atoms with van der Waals surface area (Å²) in [6.45, 7) is 0. The minimum Gasteiger partial charge on any atom is -0.545 e. The second-order valence-electron chi connectivity index (χ2n) is 17.5. The van der Waals surface area contributed by atoms with Crippen LogP contribution in [0, 0.1) is 0 Å². The van der Waals surface area contributed by atoms with Crippen molar-refractivity contribution >= 4 is 80.7 Å². The second kappa shape index (κ2) is 24.5. The third-order valence-electron chi connectivity index (χ3n) is 12.4. The van der Waals surface area contributed by atoms with Crippen LogP contribution in [-0.2, 0) is 22.4 Å². The SMILES string of the molecule is COc1ccc(Nc2cc(-c3cccc(C(=O)Nc4ccc5c(c4)CC(=O)N5)c3)cn3ncnc23)nc1OC.COc1ccc(Nc2cc(-c3cccc(C(=O)[O-])c3)cn3ncnc23)nc1OC.Nc1ccc2c(c1)CC(=O)N2.[K+]. The van der Waals surface area contributed by atoms with E-state index in [0.717, 1.165) is 39.2 Å². The van der Waals surface area contributed by atoms with Crippen LogP contribution >= 0.6 is 0 Å². The number of nitrogen functional groups attached to an aromatic ring is 1. The van der Waals surface area contributed by atoms with Crippen LogP contribution in [0.25, 0.3) is 33.5 Å². The molecule has 0 saturated heterocycles. The van der Waals surface area contributed by atoms with Crippen LogP contribution < -0.4 is 108 Å². The number of fused-ring (bicyclic) bond motifs is 4. The Kier molecular flexibility index (Phi) is 16.9. The molecule has 0 atom stereocenters. The van der Waals surface area contributed by atoms with Gasteiger partial charge in [0.1, 0.15) is 24.3 Å². The summed E-state index contributed by atoms with van der Waals surface area (Å²) >= 11 is 0. The van der Waals surface area contributed by atoms with E-state index in [1.54, 1.807) is 83.0 Å². The van der Waals surface area contributed by atoms with Gasteiger partial charge in [0, 0.05) is 51.8 Å². The van der Waals surface area contributed by atoms with Gasteiger partial charge in [0.05, 0.1) is 58.6 Å². The number of ether oxygens (including phenoxy) is 4. The summed E-state index contributed by atoms with van der Waals surface area (Å²) in [5.74, 6) is 1.27. The molecule has 0 bridgehead atoms. The van der Waals surface area contributed by atoms with Gasteiger partial charge in [0.2, 0.25) is 11.8 Å². The van der Waals surface area contributed by atoms with Crippen molar-refractivity contribution in [1.29, 1.82) is 0 Å². The average molecular weight is 1100 g/mol. The molecule has 396 valence electrons. The normalized spacial score (nSPS) is 11.8. The van der Waals surface area contributed by atoms with Crippen molar-refractivity contribution in [3.05, 3.63) is 169 Å². The van der Waals surface area contributed by atoms with Gasteiger partial charge in [-0.15, -0.1) is 0 Å². The monoisotopic (exact) mass is 1100 g/mol. The Morgan fingerprint density at radius 2 is 1.09 bits per heavy atom. The molecule has 80 heavy (non-hydrogen) atoms. The third-order valence-corrected chi connectivity index (χ3v) is 12.4. The van der Waals surface area contributed by atoms with Gasteiger partial charge in [-0.25, -0.2) is 19.0 Å². The number of nitrogens with two attached hydrogens (primary N) is 1. The molecule has 2 aliphatic rings. The van der Waals surface area contributed by atoms with Crippen LogP contribution in [0.2, 0.25) is 0 Å². The van der Waals surface area contributed by atoms with Crippen LogP contribution in [0.3, 0.4) is 0 Å². The van der Waals surface area contributed by atoms with Crippen molar-refractivity contribution in [1.82, 2.24) is 39.2 Å². The predicted octanol–water partition coefficient (Wildman–Crippen LogP) is 3.98. The van der Waals surface area contributed by atoms with Crippen LogP contribution in [-0.4, -0.2) is 91.3 Å². The molecule has 23 nitrogen and oxygen atoms in total. The number of hydrogen-bond donors (Lipinski definition) is 6. The maximum absolute atomic E-state index is 13.1. The summed E-state index contributed by atoms with van der Waals surface area (Å²) < 4.78 is 24.3. The molecule has 3 amide bonds. The summed E-state index contributed by atoms with van der Waals surface area (Å²) in [4.78, 5) is 64.3. The van der Waals surface area contributed by atoms with Gasteiger partial charge in [0.25, 0.3) is 17.7 Å². The first kappa shape index (κ1) is 55.3. The number of carboxylic acid groups (broad SMARTS) is 1. The number of anilines is 8. The average Bonchev–Trinajstić information content (AvgIpc) is 4.32. The molecule has 7 N–H and O–H groups in total. The topological polar surface area (TPSA) is 301 Å². The Balaban J connectivity index is 0.000000165. The summed E-state index contributed by atoms with van der Waals surface area (Å²) in [6.07, 6.45) is 7.27. The molecule has 0 radical (unpaired) electrons. The maximum Gasteiger partial charge on any atom is 1.00 e. The fraction of sp³-hybridized carbons (Fsp3) is 0.107. The Morgan fingerprint density at radius 3 is 1.60 bits per heavy atom. The van der Waals surface area contributed by atoms with Gasteiger partial charge in [-0.2, -0.15) is 20.2 Å². The van der Waals surface area contributed by atoms with Crippen molar-refractivity contribution in [2.24, 2.45) is 0 Å². The number of carboxylic acids is 1. The Morgan fingerprint density at radius 1 is 0.588 bits per heavy atom. The smallest absolute Gasteiger partial charge is 0.545 e. The number of methoxy groups -OCH3 is 4. The molecule has 0 aliphatic carbocycles. The molecule has 0 fully saturated rings. The van der Waals surface area contributed by atoms with Gasteiger partial charge in [-0.1, -0.05) is 30.3 Å². The van der Waals surface area contributed by atoms with Gasteiger partial charge < -0.3 is 61.2 Å². The van der Waals surface area contributed by atoms with Gasteiger partial charge in [-0.3, -0.25) is 14.4 Å². The quantitative estimate of drug-likeness (QED) is 0.0703. The zero-order valence-electron chi connectivity index (χ0n) is 43.6. The Labute approximate surface area is 498 Å². The van der Waals surface area contributed by atoms with E-state index in [-0.39, 0.29) is 74.7 Å². The van der Waals surface area contributed by atoms with E-state index in [0.29, 0.717) is 92.9 Å². The van der Waals surface area contributed by atoms with Gasteiger partial charge in [-0.05, 0) is 119 Å². The Bertz CT molecular complexity index is 4000. The van der Waals surface area contributed by atoms with E-state index < -0.39 is 5.97 Å². The number of aromatic carboxylic acids is 1. The summed E-state index contributed by atoms with van der Waals surface area (Å²) in [7, 11) is 6.13. The first-order valence-corrected chi connectivity index (χ1v) is 24.1. The molecule has 0 saturated carbocycles. The largest absolute Gasteiger partial charge is 1.00 e. The van der Waals surface area contributed by atoms with Crippen molar-refractivity contribution in [2.75, 3.05) is 60.8 Å². The minimum absolute atomic E-state index is 0. The molecule has 6 aromatic heterocycles. The number of amides is 3. The number of pyridine rings is 4.